The highest BCUT2D eigenvalue weighted by molar-refractivity contribution is 6.00. The molecule has 1 aromatic carbocycles. The molecule has 0 aliphatic rings. The number of aliphatic carboxylic acids is 1. The topological polar surface area (TPSA) is 57.6 Å². The van der Waals surface area contributed by atoms with Gasteiger partial charge < -0.3 is 5.11 Å². The average molecular weight is 249 g/mol. The fourth-order valence-corrected chi connectivity index (χ4v) is 1.69. The lowest BCUT2D eigenvalue weighted by Gasteiger charge is -2.21. The van der Waals surface area contributed by atoms with Gasteiger partial charge in [-0.2, -0.15) is 0 Å². The smallest absolute Gasteiger partial charge is 0.317 e. The van der Waals surface area contributed by atoms with E-state index in [-0.39, 0.29) is 12.3 Å². The van der Waals surface area contributed by atoms with Crippen LogP contribution in [0, 0.1) is 13.8 Å². The van der Waals surface area contributed by atoms with Crippen LogP contribution in [0.5, 0.6) is 0 Å². The number of rotatable bonds is 5. The van der Waals surface area contributed by atoms with E-state index in [2.05, 4.69) is 0 Å². The molecular weight excluding hydrogens is 230 g/mol. The van der Waals surface area contributed by atoms with Crippen LogP contribution < -0.4 is 0 Å². The van der Waals surface area contributed by atoms with Crippen LogP contribution in [0.3, 0.4) is 0 Å². The number of carbonyl (C=O) groups is 2. The highest BCUT2D eigenvalue weighted by Crippen LogP contribution is 2.13. The Balaban J connectivity index is 2.86. The zero-order chi connectivity index (χ0) is 13.9. The number of ketones is 1. The Morgan fingerprint density at radius 2 is 1.89 bits per heavy atom. The minimum Gasteiger partial charge on any atom is -0.480 e. The van der Waals surface area contributed by atoms with Crippen LogP contribution in [0.2, 0.25) is 0 Å². The van der Waals surface area contributed by atoms with E-state index in [9.17, 15) is 9.59 Å². The molecule has 18 heavy (non-hydrogen) atoms. The molecule has 1 N–H and O–H groups in total. The predicted octanol–water partition coefficient (Wildman–Crippen LogP) is 1.89. The summed E-state index contributed by atoms with van der Waals surface area (Å²) in [5, 5.41) is 8.71. The quantitative estimate of drug-likeness (QED) is 0.810. The molecule has 4 nitrogen and oxygen atoms in total. The third kappa shape index (κ3) is 3.40. The van der Waals surface area contributed by atoms with Gasteiger partial charge in [0.15, 0.2) is 5.78 Å². The second kappa shape index (κ2) is 5.78. The molecule has 4 heteroatoms. The van der Waals surface area contributed by atoms with Gasteiger partial charge in [0.25, 0.3) is 0 Å². The number of Topliss-reactive ketones (excluding diaryl/α,β-unsaturated/α-hetero) is 1. The molecule has 1 unspecified atom stereocenters. The first kappa shape index (κ1) is 14.4. The third-order valence-corrected chi connectivity index (χ3v) is 3.22. The lowest BCUT2D eigenvalue weighted by atomic mass is 10.00. The first-order chi connectivity index (χ1) is 8.32. The standard InChI is InChI=1S/C14H19NO3/c1-9-5-6-12(7-10(9)2)14(18)11(3)15(4)8-13(16)17/h5-7,11H,8H2,1-4H3,(H,16,17). The Morgan fingerprint density at radius 3 is 2.39 bits per heavy atom. The summed E-state index contributed by atoms with van der Waals surface area (Å²) in [6.45, 7) is 5.53. The molecule has 0 aliphatic carbocycles. The molecule has 0 saturated carbocycles. The van der Waals surface area contributed by atoms with Gasteiger partial charge in [-0.25, -0.2) is 0 Å². The van der Waals surface area contributed by atoms with E-state index in [4.69, 9.17) is 5.11 Å². The molecule has 0 aliphatic heterocycles. The highest BCUT2D eigenvalue weighted by atomic mass is 16.4. The van der Waals surface area contributed by atoms with Crippen LogP contribution in [0.4, 0.5) is 0 Å². The van der Waals surface area contributed by atoms with Crippen molar-refractivity contribution in [3.05, 3.63) is 34.9 Å². The number of carboxylic acids is 1. The van der Waals surface area contributed by atoms with Crippen LogP contribution in [-0.4, -0.2) is 41.4 Å². The van der Waals surface area contributed by atoms with Gasteiger partial charge in [0.05, 0.1) is 12.6 Å². The third-order valence-electron chi connectivity index (χ3n) is 3.22. The largest absolute Gasteiger partial charge is 0.480 e. The van der Waals surface area contributed by atoms with Gasteiger partial charge in [-0.3, -0.25) is 14.5 Å². The molecule has 0 radical (unpaired) electrons. The number of benzene rings is 1. The Bertz CT molecular complexity index is 468. The summed E-state index contributed by atoms with van der Waals surface area (Å²) in [6.07, 6.45) is 0. The second-order valence-electron chi connectivity index (χ2n) is 4.65. The summed E-state index contributed by atoms with van der Waals surface area (Å²) in [7, 11) is 1.64. The summed E-state index contributed by atoms with van der Waals surface area (Å²) in [5.74, 6) is -0.987. The molecular formula is C14H19NO3. The van der Waals surface area contributed by atoms with Gasteiger partial charge in [-0.05, 0) is 45.0 Å². The average Bonchev–Trinajstić information content (AvgIpc) is 2.30. The van der Waals surface area contributed by atoms with E-state index in [0.29, 0.717) is 5.56 Å². The lowest BCUT2D eigenvalue weighted by molar-refractivity contribution is -0.138. The summed E-state index contributed by atoms with van der Waals surface area (Å²) in [6, 6.07) is 5.11. The molecule has 0 fully saturated rings. The van der Waals surface area contributed by atoms with Crippen LogP contribution in [0.1, 0.15) is 28.4 Å². The van der Waals surface area contributed by atoms with Crippen molar-refractivity contribution in [1.82, 2.24) is 4.90 Å². The monoisotopic (exact) mass is 249 g/mol. The zero-order valence-corrected chi connectivity index (χ0v) is 11.2. The van der Waals surface area contributed by atoms with E-state index < -0.39 is 12.0 Å². The first-order valence-corrected chi connectivity index (χ1v) is 5.86. The maximum Gasteiger partial charge on any atom is 0.317 e. The Labute approximate surface area is 107 Å². The first-order valence-electron chi connectivity index (χ1n) is 5.86. The number of aryl methyl sites for hydroxylation is 2. The van der Waals surface area contributed by atoms with Crippen molar-refractivity contribution < 1.29 is 14.7 Å². The van der Waals surface area contributed by atoms with E-state index in [1.807, 2.05) is 26.0 Å². The highest BCUT2D eigenvalue weighted by Gasteiger charge is 2.21. The molecule has 0 saturated heterocycles. The van der Waals surface area contributed by atoms with E-state index in [0.717, 1.165) is 11.1 Å². The molecule has 1 rings (SSSR count). The Hall–Kier alpha value is -1.68. The van der Waals surface area contributed by atoms with Gasteiger partial charge in [-0.1, -0.05) is 12.1 Å². The minimum absolute atomic E-state index is 0.0538. The van der Waals surface area contributed by atoms with E-state index in [1.54, 1.807) is 20.0 Å². The van der Waals surface area contributed by atoms with Crippen molar-refractivity contribution in [2.45, 2.75) is 26.8 Å². The van der Waals surface area contributed by atoms with Crippen molar-refractivity contribution in [3.63, 3.8) is 0 Å². The Morgan fingerprint density at radius 1 is 1.28 bits per heavy atom. The second-order valence-corrected chi connectivity index (χ2v) is 4.65. The molecule has 0 aromatic heterocycles. The predicted molar refractivity (Wildman–Crippen MR) is 70.0 cm³/mol. The van der Waals surface area contributed by atoms with Gasteiger partial charge >= 0.3 is 5.97 Å². The summed E-state index contributed by atoms with van der Waals surface area (Å²) in [5.41, 5.74) is 2.83. The van der Waals surface area contributed by atoms with Gasteiger partial charge in [0.1, 0.15) is 0 Å². The number of hydrogen-bond donors (Lipinski definition) is 1. The molecule has 0 spiro atoms. The number of carbonyl (C=O) groups excluding carboxylic acids is 1. The van der Waals surface area contributed by atoms with Crippen LogP contribution in [-0.2, 0) is 4.79 Å². The fourth-order valence-electron chi connectivity index (χ4n) is 1.69. The van der Waals surface area contributed by atoms with Crippen molar-refractivity contribution in [2.75, 3.05) is 13.6 Å². The molecule has 0 amide bonds. The number of carboxylic acid groups (broad SMARTS) is 1. The van der Waals surface area contributed by atoms with E-state index >= 15 is 0 Å². The SMILES string of the molecule is Cc1ccc(C(=O)C(C)N(C)CC(=O)O)cc1C. The van der Waals surface area contributed by atoms with Gasteiger partial charge in [-0.15, -0.1) is 0 Å². The molecule has 1 aromatic rings. The minimum atomic E-state index is -0.933. The molecule has 0 bridgehead atoms. The van der Waals surface area contributed by atoms with Crippen LogP contribution >= 0.6 is 0 Å². The fraction of sp³-hybridized carbons (Fsp3) is 0.429. The Kier molecular flexibility index (Phi) is 4.62. The van der Waals surface area contributed by atoms with Crippen molar-refractivity contribution in [3.8, 4) is 0 Å². The normalized spacial score (nSPS) is 12.5. The molecule has 1 atom stereocenters. The molecule has 0 heterocycles. The maximum absolute atomic E-state index is 12.2. The van der Waals surface area contributed by atoms with Crippen molar-refractivity contribution >= 4 is 11.8 Å². The van der Waals surface area contributed by atoms with E-state index in [1.165, 1.54) is 4.90 Å². The summed E-state index contributed by atoms with van der Waals surface area (Å²) < 4.78 is 0. The summed E-state index contributed by atoms with van der Waals surface area (Å²) in [4.78, 5) is 24.3. The summed E-state index contributed by atoms with van der Waals surface area (Å²) >= 11 is 0. The van der Waals surface area contributed by atoms with Gasteiger partial charge in [0, 0.05) is 5.56 Å². The maximum atomic E-state index is 12.2. The van der Waals surface area contributed by atoms with Crippen molar-refractivity contribution in [1.29, 1.82) is 0 Å². The lowest BCUT2D eigenvalue weighted by Crippen LogP contribution is -2.39. The van der Waals surface area contributed by atoms with Crippen LogP contribution in [0.25, 0.3) is 0 Å². The number of hydrogen-bond acceptors (Lipinski definition) is 3. The zero-order valence-electron chi connectivity index (χ0n) is 11.2. The molecule has 98 valence electrons. The number of nitrogens with zero attached hydrogens (tertiary/aromatic N) is 1. The number of likely N-dealkylation sites (N-methyl/N-ethyl adjacent to an activating group) is 1. The van der Waals surface area contributed by atoms with Crippen LogP contribution in [0.15, 0.2) is 18.2 Å². The van der Waals surface area contributed by atoms with Gasteiger partial charge in [0.2, 0.25) is 0 Å². The van der Waals surface area contributed by atoms with Crippen molar-refractivity contribution in [2.24, 2.45) is 0 Å².